The molecule has 0 atom stereocenters. The van der Waals surface area contributed by atoms with E-state index in [1.165, 1.54) is 85.4 Å². The van der Waals surface area contributed by atoms with Gasteiger partial charge in [0.2, 0.25) is 0 Å². The maximum absolute atomic E-state index is 5.28. The first kappa shape index (κ1) is 31.3. The van der Waals surface area contributed by atoms with Gasteiger partial charge in [0, 0.05) is 53.0 Å². The summed E-state index contributed by atoms with van der Waals surface area (Å²) in [6.45, 7) is 0. The van der Waals surface area contributed by atoms with Crippen LogP contribution in [0.4, 0.5) is 0 Å². The molecule has 0 N–H and O–H groups in total. The smallest absolute Gasteiger partial charge is 0.0730 e. The Morgan fingerprint density at radius 3 is 1.62 bits per heavy atom. The van der Waals surface area contributed by atoms with Gasteiger partial charge in [-0.25, -0.2) is 4.98 Å². The van der Waals surface area contributed by atoms with Gasteiger partial charge in [0.1, 0.15) is 0 Å². The van der Waals surface area contributed by atoms with E-state index in [2.05, 4.69) is 199 Å². The van der Waals surface area contributed by atoms with Gasteiger partial charge >= 0.3 is 0 Å². The van der Waals surface area contributed by atoms with Gasteiger partial charge in [0.05, 0.1) is 28.1 Å². The molecule has 0 bridgehead atoms. The van der Waals surface area contributed by atoms with Crippen LogP contribution in [0.25, 0.3) is 114 Å². The molecule has 3 heteroatoms. The molecule has 12 rings (SSSR count). The monoisotopic (exact) mass is 728 g/mol. The SMILES string of the molecule is c1ccc(-c2cc(-n3c4ccccc4c4c5c(sc6c7ccccc7c7ccccc7c65)c(-c5cccc6ccccc56)cc43)cc(-c3ccccc3)n2)cc1. The first-order valence-corrected chi connectivity index (χ1v) is 19.9. The van der Waals surface area contributed by atoms with Crippen LogP contribution in [0.15, 0.2) is 194 Å². The molecule has 9 aromatic carbocycles. The molecule has 0 saturated heterocycles. The summed E-state index contributed by atoms with van der Waals surface area (Å²) in [5, 5.41) is 12.9. The van der Waals surface area contributed by atoms with Crippen LogP contribution < -0.4 is 0 Å². The molecule has 0 spiro atoms. The van der Waals surface area contributed by atoms with Crippen molar-refractivity contribution >= 4 is 85.6 Å². The fourth-order valence-electron chi connectivity index (χ4n) is 9.12. The highest BCUT2D eigenvalue weighted by Gasteiger charge is 2.25. The summed E-state index contributed by atoms with van der Waals surface area (Å²) >= 11 is 1.94. The van der Waals surface area contributed by atoms with Gasteiger partial charge in [0.15, 0.2) is 0 Å². The van der Waals surface area contributed by atoms with Crippen molar-refractivity contribution in [1.29, 1.82) is 0 Å². The van der Waals surface area contributed by atoms with Crippen LogP contribution >= 0.6 is 11.3 Å². The lowest BCUT2D eigenvalue weighted by Crippen LogP contribution is -1.98. The van der Waals surface area contributed by atoms with E-state index in [1.54, 1.807) is 0 Å². The largest absolute Gasteiger partial charge is 0.309 e. The number of benzene rings is 9. The molecule has 260 valence electrons. The highest BCUT2D eigenvalue weighted by atomic mass is 32.1. The zero-order chi connectivity index (χ0) is 36.7. The standard InChI is InChI=1S/C53H32N2S/c1-3-17-34(18-4-1)45-30-36(31-46(54-45)35-19-5-2-6-20-35)55-47-29-14-13-27-43(47)49-48(55)32-44(38-28-15-21-33-16-7-8-22-37(33)38)53-51(49)50-41-25-11-9-23-39(41)40-24-10-12-26-42(40)52(50)56-53/h1-32H. The van der Waals surface area contributed by atoms with E-state index in [4.69, 9.17) is 4.98 Å². The van der Waals surface area contributed by atoms with Crippen molar-refractivity contribution in [2.45, 2.75) is 0 Å². The second kappa shape index (κ2) is 12.2. The van der Waals surface area contributed by atoms with Gasteiger partial charge in [-0.2, -0.15) is 0 Å². The molecular formula is C53H32N2S. The third kappa shape index (κ3) is 4.59. The average Bonchev–Trinajstić information content (AvgIpc) is 3.83. The van der Waals surface area contributed by atoms with Crippen molar-refractivity contribution in [2.75, 3.05) is 0 Å². The van der Waals surface area contributed by atoms with Crippen LogP contribution in [0.3, 0.4) is 0 Å². The summed E-state index contributed by atoms with van der Waals surface area (Å²) in [7, 11) is 0. The number of thiophene rings is 1. The summed E-state index contributed by atoms with van der Waals surface area (Å²) in [5.74, 6) is 0. The Bertz CT molecular complexity index is 3460. The zero-order valence-corrected chi connectivity index (χ0v) is 31.1. The molecule has 56 heavy (non-hydrogen) atoms. The van der Waals surface area contributed by atoms with Crippen LogP contribution in [0.1, 0.15) is 0 Å². The minimum absolute atomic E-state index is 0.946. The number of pyridine rings is 1. The summed E-state index contributed by atoms with van der Waals surface area (Å²) < 4.78 is 5.14. The van der Waals surface area contributed by atoms with Crippen molar-refractivity contribution in [3.63, 3.8) is 0 Å². The van der Waals surface area contributed by atoms with E-state index < -0.39 is 0 Å². The minimum atomic E-state index is 0.946. The lowest BCUT2D eigenvalue weighted by Gasteiger charge is -2.15. The molecule has 12 aromatic rings. The van der Waals surface area contributed by atoms with E-state index >= 15 is 0 Å². The molecule has 3 aromatic heterocycles. The predicted molar refractivity (Wildman–Crippen MR) is 240 cm³/mol. The van der Waals surface area contributed by atoms with E-state index in [9.17, 15) is 0 Å². The van der Waals surface area contributed by atoms with Crippen LogP contribution in [0.5, 0.6) is 0 Å². The Balaban J connectivity index is 1.31. The summed E-state index contributed by atoms with van der Waals surface area (Å²) in [4.78, 5) is 5.28. The van der Waals surface area contributed by atoms with E-state index in [0.29, 0.717) is 0 Å². The molecule has 0 fully saturated rings. The van der Waals surface area contributed by atoms with Crippen LogP contribution in [0.2, 0.25) is 0 Å². The number of rotatable bonds is 4. The first-order valence-electron chi connectivity index (χ1n) is 19.1. The van der Waals surface area contributed by atoms with Gasteiger partial charge in [-0.15, -0.1) is 11.3 Å². The van der Waals surface area contributed by atoms with Crippen molar-refractivity contribution in [3.8, 4) is 39.3 Å². The van der Waals surface area contributed by atoms with Crippen molar-refractivity contribution < 1.29 is 0 Å². The Labute approximate surface area is 327 Å². The summed E-state index contributed by atoms with van der Waals surface area (Å²) in [6.07, 6.45) is 0. The van der Waals surface area contributed by atoms with Crippen LogP contribution in [-0.4, -0.2) is 9.55 Å². The summed E-state index contributed by atoms with van der Waals surface area (Å²) in [5.41, 5.74) is 10.0. The van der Waals surface area contributed by atoms with Crippen LogP contribution in [0, 0.1) is 0 Å². The van der Waals surface area contributed by atoms with Gasteiger partial charge in [0.25, 0.3) is 0 Å². The van der Waals surface area contributed by atoms with E-state index in [0.717, 1.165) is 28.2 Å². The molecule has 0 aliphatic carbocycles. The lowest BCUT2D eigenvalue weighted by molar-refractivity contribution is 1.16. The molecule has 2 nitrogen and oxygen atoms in total. The molecule has 3 heterocycles. The Hall–Kier alpha value is -7.07. The predicted octanol–water partition coefficient (Wildman–Crippen LogP) is 15.0. The lowest BCUT2D eigenvalue weighted by atomic mass is 9.92. The first-order chi connectivity index (χ1) is 27.8. The number of fused-ring (bicyclic) bond motifs is 13. The number of hydrogen-bond acceptors (Lipinski definition) is 2. The quantitative estimate of drug-likeness (QED) is 0.165. The highest BCUT2D eigenvalue weighted by molar-refractivity contribution is 7.27. The van der Waals surface area contributed by atoms with Gasteiger partial charge in [-0.05, 0) is 56.8 Å². The number of para-hydroxylation sites is 1. The molecule has 0 saturated carbocycles. The summed E-state index contributed by atoms with van der Waals surface area (Å²) in [6, 6.07) is 70.6. The second-order valence-electron chi connectivity index (χ2n) is 14.6. The highest BCUT2D eigenvalue weighted by Crippen LogP contribution is 2.52. The maximum Gasteiger partial charge on any atom is 0.0730 e. The Morgan fingerprint density at radius 1 is 0.357 bits per heavy atom. The van der Waals surface area contributed by atoms with E-state index in [1.807, 2.05) is 11.3 Å². The third-order valence-electron chi connectivity index (χ3n) is 11.5. The molecular weight excluding hydrogens is 697 g/mol. The van der Waals surface area contributed by atoms with Crippen molar-refractivity contribution in [3.05, 3.63) is 194 Å². The Kier molecular flexibility index (Phi) is 6.83. The number of nitrogens with zero attached hydrogens (tertiary/aromatic N) is 2. The topological polar surface area (TPSA) is 17.8 Å². The van der Waals surface area contributed by atoms with Gasteiger partial charge in [-0.3, -0.25) is 0 Å². The molecule has 0 unspecified atom stereocenters. The minimum Gasteiger partial charge on any atom is -0.309 e. The fourth-order valence-corrected chi connectivity index (χ4v) is 10.5. The molecule has 0 aliphatic heterocycles. The van der Waals surface area contributed by atoms with Crippen LogP contribution in [-0.2, 0) is 0 Å². The third-order valence-corrected chi connectivity index (χ3v) is 12.8. The number of hydrogen-bond donors (Lipinski definition) is 0. The van der Waals surface area contributed by atoms with Crippen molar-refractivity contribution in [1.82, 2.24) is 9.55 Å². The molecule has 0 aliphatic rings. The fraction of sp³-hybridized carbons (Fsp3) is 0. The molecule has 0 radical (unpaired) electrons. The second-order valence-corrected chi connectivity index (χ2v) is 15.6. The van der Waals surface area contributed by atoms with Crippen molar-refractivity contribution in [2.24, 2.45) is 0 Å². The van der Waals surface area contributed by atoms with E-state index in [-0.39, 0.29) is 0 Å². The van der Waals surface area contributed by atoms with Gasteiger partial charge < -0.3 is 4.57 Å². The average molecular weight is 729 g/mol. The maximum atomic E-state index is 5.28. The normalized spacial score (nSPS) is 11.9. The number of aromatic nitrogens is 2. The van der Waals surface area contributed by atoms with Gasteiger partial charge in [-0.1, -0.05) is 170 Å². The molecule has 0 amide bonds. The zero-order valence-electron chi connectivity index (χ0n) is 30.3. The Morgan fingerprint density at radius 2 is 0.911 bits per heavy atom.